The fourth-order valence-electron chi connectivity index (χ4n) is 3.00. The van der Waals surface area contributed by atoms with Crippen LogP contribution in [0.3, 0.4) is 0 Å². The van der Waals surface area contributed by atoms with Crippen LogP contribution in [-0.2, 0) is 14.8 Å². The first-order valence-electron chi connectivity index (χ1n) is 8.10. The van der Waals surface area contributed by atoms with Crippen LogP contribution < -0.4 is 4.31 Å². The number of amides is 1. The van der Waals surface area contributed by atoms with Crippen molar-refractivity contribution in [2.45, 2.75) is 26.7 Å². The second kappa shape index (κ2) is 7.38. The van der Waals surface area contributed by atoms with E-state index in [4.69, 9.17) is 0 Å². The number of sulfonamides is 1. The molecule has 1 aliphatic rings. The summed E-state index contributed by atoms with van der Waals surface area (Å²) in [5, 5.41) is 11.0. The fraction of sp³-hybridized carbons (Fsp3) is 0.562. The Labute approximate surface area is 147 Å². The third-order valence-corrected chi connectivity index (χ3v) is 5.49. The van der Waals surface area contributed by atoms with Crippen LogP contribution in [0.5, 0.6) is 0 Å². The molecular formula is C16H23N3O5S. The van der Waals surface area contributed by atoms with Crippen LogP contribution in [0.15, 0.2) is 18.2 Å². The van der Waals surface area contributed by atoms with Gasteiger partial charge in [0.2, 0.25) is 15.9 Å². The minimum atomic E-state index is -3.77. The number of benzene rings is 1. The van der Waals surface area contributed by atoms with Crippen molar-refractivity contribution in [1.29, 1.82) is 0 Å². The number of aryl methyl sites for hydroxylation is 1. The molecular weight excluding hydrogens is 346 g/mol. The standard InChI is InChI=1S/C16H23N3O5S/c1-12-5-4-8-17(10-12)16(20)11-18(25(3,23)24)15-9-14(19(21)22)7-6-13(15)2/h6-7,9,12H,4-5,8,10-11H2,1-3H3. The molecule has 1 unspecified atom stereocenters. The molecule has 0 saturated carbocycles. The van der Waals surface area contributed by atoms with Crippen LogP contribution in [-0.4, -0.2) is 50.0 Å². The molecule has 1 fully saturated rings. The summed E-state index contributed by atoms with van der Waals surface area (Å²) in [7, 11) is -3.77. The van der Waals surface area contributed by atoms with Crippen LogP contribution in [0, 0.1) is 23.0 Å². The van der Waals surface area contributed by atoms with Crippen LogP contribution in [0.1, 0.15) is 25.3 Å². The SMILES string of the molecule is Cc1ccc([N+](=O)[O-])cc1N(CC(=O)N1CCCC(C)C1)S(C)(=O)=O. The molecule has 0 aliphatic carbocycles. The summed E-state index contributed by atoms with van der Waals surface area (Å²) in [6, 6.07) is 4.00. The number of nitro groups is 1. The van der Waals surface area contributed by atoms with Gasteiger partial charge in [0, 0.05) is 25.2 Å². The van der Waals surface area contributed by atoms with E-state index in [0.717, 1.165) is 23.4 Å². The van der Waals surface area contributed by atoms with E-state index in [1.807, 2.05) is 0 Å². The highest BCUT2D eigenvalue weighted by Crippen LogP contribution is 2.28. The Kier molecular flexibility index (Phi) is 5.66. The number of likely N-dealkylation sites (tertiary alicyclic amines) is 1. The first kappa shape index (κ1) is 19.2. The maximum atomic E-state index is 12.6. The predicted octanol–water partition coefficient (Wildman–Crippen LogP) is 1.93. The maximum absolute atomic E-state index is 12.6. The average molecular weight is 369 g/mol. The number of carbonyl (C=O) groups excluding carboxylic acids is 1. The minimum absolute atomic E-state index is 0.162. The van der Waals surface area contributed by atoms with Gasteiger partial charge in [-0.25, -0.2) is 8.42 Å². The molecule has 0 spiro atoms. The van der Waals surface area contributed by atoms with E-state index < -0.39 is 14.9 Å². The molecule has 138 valence electrons. The van der Waals surface area contributed by atoms with Crippen molar-refractivity contribution in [1.82, 2.24) is 4.90 Å². The van der Waals surface area contributed by atoms with Crippen molar-refractivity contribution in [3.63, 3.8) is 0 Å². The lowest BCUT2D eigenvalue weighted by Gasteiger charge is -2.33. The van der Waals surface area contributed by atoms with Gasteiger partial charge >= 0.3 is 0 Å². The van der Waals surface area contributed by atoms with Crippen molar-refractivity contribution < 1.29 is 18.1 Å². The quantitative estimate of drug-likeness (QED) is 0.583. The third-order valence-electron chi connectivity index (χ3n) is 4.36. The number of nitrogens with zero attached hydrogens (tertiary/aromatic N) is 3. The lowest BCUT2D eigenvalue weighted by molar-refractivity contribution is -0.384. The molecule has 1 aromatic rings. The van der Waals surface area contributed by atoms with Crippen LogP contribution in [0.2, 0.25) is 0 Å². The van der Waals surface area contributed by atoms with E-state index in [1.54, 1.807) is 11.8 Å². The number of nitro benzene ring substituents is 1. The average Bonchev–Trinajstić information content (AvgIpc) is 2.52. The molecule has 1 saturated heterocycles. The first-order chi connectivity index (χ1) is 11.6. The maximum Gasteiger partial charge on any atom is 0.271 e. The molecule has 0 aromatic heterocycles. The van der Waals surface area contributed by atoms with Crippen molar-refractivity contribution >= 4 is 27.3 Å². The highest BCUT2D eigenvalue weighted by molar-refractivity contribution is 7.92. The highest BCUT2D eigenvalue weighted by Gasteiger charge is 2.28. The number of hydrogen-bond acceptors (Lipinski definition) is 5. The van der Waals surface area contributed by atoms with Crippen molar-refractivity contribution in [3.8, 4) is 0 Å². The zero-order valence-corrected chi connectivity index (χ0v) is 15.5. The van der Waals surface area contributed by atoms with E-state index in [9.17, 15) is 23.3 Å². The molecule has 1 heterocycles. The zero-order valence-electron chi connectivity index (χ0n) is 14.6. The molecule has 25 heavy (non-hydrogen) atoms. The van der Waals surface area contributed by atoms with Gasteiger partial charge in [-0.2, -0.15) is 0 Å². The van der Waals surface area contributed by atoms with Gasteiger partial charge in [0.25, 0.3) is 5.69 Å². The Hall–Kier alpha value is -2.16. The van der Waals surface area contributed by atoms with E-state index in [2.05, 4.69) is 6.92 Å². The Morgan fingerprint density at radius 3 is 2.68 bits per heavy atom. The van der Waals surface area contributed by atoms with Crippen LogP contribution in [0.25, 0.3) is 0 Å². The summed E-state index contributed by atoms with van der Waals surface area (Å²) >= 11 is 0. The highest BCUT2D eigenvalue weighted by atomic mass is 32.2. The summed E-state index contributed by atoms with van der Waals surface area (Å²) in [4.78, 5) is 24.7. The van der Waals surface area contributed by atoms with E-state index in [1.165, 1.54) is 18.2 Å². The molecule has 0 radical (unpaired) electrons. The molecule has 0 N–H and O–H groups in total. The van der Waals surface area contributed by atoms with Gasteiger partial charge in [0.05, 0.1) is 16.9 Å². The number of hydrogen-bond donors (Lipinski definition) is 0. The Bertz CT molecular complexity index is 778. The number of carbonyl (C=O) groups is 1. The number of anilines is 1. The van der Waals surface area contributed by atoms with E-state index >= 15 is 0 Å². The number of non-ortho nitro benzene ring substituents is 1. The lowest BCUT2D eigenvalue weighted by Crippen LogP contribution is -2.46. The second-order valence-corrected chi connectivity index (χ2v) is 8.49. The second-order valence-electron chi connectivity index (χ2n) is 6.58. The lowest BCUT2D eigenvalue weighted by atomic mass is 10.0. The van der Waals surface area contributed by atoms with Crippen LogP contribution in [0.4, 0.5) is 11.4 Å². The van der Waals surface area contributed by atoms with Gasteiger partial charge < -0.3 is 4.90 Å². The monoisotopic (exact) mass is 369 g/mol. The Morgan fingerprint density at radius 1 is 1.44 bits per heavy atom. The molecule has 2 rings (SSSR count). The molecule has 0 bridgehead atoms. The normalized spacial score (nSPS) is 18.0. The minimum Gasteiger partial charge on any atom is -0.341 e. The number of piperidine rings is 1. The van der Waals surface area contributed by atoms with Crippen molar-refractivity contribution in [2.24, 2.45) is 5.92 Å². The smallest absolute Gasteiger partial charge is 0.271 e. The van der Waals surface area contributed by atoms with E-state index in [0.29, 0.717) is 24.6 Å². The third kappa shape index (κ3) is 4.68. The fourth-order valence-corrected chi connectivity index (χ4v) is 3.90. The van der Waals surface area contributed by atoms with Gasteiger partial charge in [-0.05, 0) is 31.2 Å². The summed E-state index contributed by atoms with van der Waals surface area (Å²) in [6.45, 7) is 4.57. The van der Waals surface area contributed by atoms with Gasteiger partial charge in [0.1, 0.15) is 6.54 Å². The molecule has 1 aromatic carbocycles. The molecule has 1 amide bonds. The van der Waals surface area contributed by atoms with Crippen molar-refractivity contribution in [3.05, 3.63) is 33.9 Å². The topological polar surface area (TPSA) is 101 Å². The Morgan fingerprint density at radius 2 is 2.12 bits per heavy atom. The van der Waals surface area contributed by atoms with Gasteiger partial charge in [0.15, 0.2) is 0 Å². The summed E-state index contributed by atoms with van der Waals surface area (Å²) in [5.74, 6) is 0.0896. The molecule has 8 nitrogen and oxygen atoms in total. The van der Waals surface area contributed by atoms with Crippen LogP contribution >= 0.6 is 0 Å². The predicted molar refractivity (Wildman–Crippen MR) is 95.0 cm³/mol. The zero-order chi connectivity index (χ0) is 18.8. The van der Waals surface area contributed by atoms with E-state index in [-0.39, 0.29) is 23.8 Å². The van der Waals surface area contributed by atoms with Gasteiger partial charge in [-0.1, -0.05) is 13.0 Å². The van der Waals surface area contributed by atoms with Crippen molar-refractivity contribution in [2.75, 3.05) is 30.2 Å². The molecule has 9 heteroatoms. The Balaban J connectivity index is 2.33. The summed E-state index contributed by atoms with van der Waals surface area (Å²) < 4.78 is 25.4. The molecule has 1 atom stereocenters. The van der Waals surface area contributed by atoms with Gasteiger partial charge in [-0.15, -0.1) is 0 Å². The van der Waals surface area contributed by atoms with Gasteiger partial charge in [-0.3, -0.25) is 19.2 Å². The largest absolute Gasteiger partial charge is 0.341 e. The summed E-state index contributed by atoms with van der Waals surface area (Å²) in [6.07, 6.45) is 2.93. The summed E-state index contributed by atoms with van der Waals surface area (Å²) in [5.41, 5.74) is 0.499. The molecule has 1 aliphatic heterocycles. The first-order valence-corrected chi connectivity index (χ1v) is 9.95. The number of rotatable bonds is 5.